The van der Waals surface area contributed by atoms with E-state index in [0.717, 1.165) is 24.1 Å². The largest absolute Gasteiger partial charge is 0.503 e. The molecule has 160 valence electrons. The quantitative estimate of drug-likeness (QED) is 0.672. The first-order chi connectivity index (χ1) is 14.2. The molecule has 2 aromatic rings. The summed E-state index contributed by atoms with van der Waals surface area (Å²) in [6.45, 7) is 2.39. The fraction of sp³-hybridized carbons (Fsp3) is 0.286. The van der Waals surface area contributed by atoms with Crippen LogP contribution < -0.4 is 5.01 Å². The number of benzene rings is 2. The molecule has 0 saturated carbocycles. The van der Waals surface area contributed by atoms with Crippen molar-refractivity contribution in [2.75, 3.05) is 24.4 Å². The maximum Gasteiger partial charge on any atom is 0.309 e. The second kappa shape index (κ2) is 8.95. The van der Waals surface area contributed by atoms with Gasteiger partial charge in [0, 0.05) is 11.8 Å². The molecule has 2 aromatic carbocycles. The van der Waals surface area contributed by atoms with Crippen LogP contribution in [0.3, 0.4) is 0 Å². The highest BCUT2D eigenvalue weighted by molar-refractivity contribution is 7.90. The van der Waals surface area contributed by atoms with E-state index in [-0.39, 0.29) is 11.4 Å². The number of amides is 1. The Labute approximate surface area is 174 Å². The van der Waals surface area contributed by atoms with Crippen molar-refractivity contribution in [1.82, 2.24) is 5.17 Å². The SMILES string of the molecule is CCCCON1CC(c2ccc(S(C)(=O)=O)cc2)=C(O)C(=O)N1c1ccc(F)cc1. The van der Waals surface area contributed by atoms with E-state index >= 15 is 0 Å². The lowest BCUT2D eigenvalue weighted by molar-refractivity contribution is -0.171. The van der Waals surface area contributed by atoms with Crippen molar-refractivity contribution in [3.05, 3.63) is 65.7 Å². The molecule has 0 radical (unpaired) electrons. The molecule has 0 bridgehead atoms. The van der Waals surface area contributed by atoms with Gasteiger partial charge in [0.2, 0.25) is 0 Å². The number of hydrazine groups is 1. The maximum atomic E-state index is 13.3. The molecule has 1 amide bonds. The maximum absolute atomic E-state index is 13.3. The summed E-state index contributed by atoms with van der Waals surface area (Å²) in [5, 5.41) is 13.1. The van der Waals surface area contributed by atoms with Gasteiger partial charge in [-0.15, -0.1) is 0 Å². The molecule has 30 heavy (non-hydrogen) atoms. The van der Waals surface area contributed by atoms with Crippen molar-refractivity contribution in [2.24, 2.45) is 0 Å². The molecule has 0 fully saturated rings. The Morgan fingerprint density at radius 2 is 1.73 bits per heavy atom. The Morgan fingerprint density at radius 3 is 2.30 bits per heavy atom. The second-order valence-corrected chi connectivity index (χ2v) is 8.93. The van der Waals surface area contributed by atoms with Crippen LogP contribution in [0, 0.1) is 5.82 Å². The monoisotopic (exact) mass is 434 g/mol. The van der Waals surface area contributed by atoms with Crippen molar-refractivity contribution >= 4 is 27.0 Å². The van der Waals surface area contributed by atoms with E-state index in [1.165, 1.54) is 53.7 Å². The van der Waals surface area contributed by atoms with Crippen LogP contribution in [0.15, 0.2) is 59.2 Å². The zero-order valence-corrected chi connectivity index (χ0v) is 17.5. The van der Waals surface area contributed by atoms with Crippen LogP contribution in [0.5, 0.6) is 0 Å². The molecule has 1 aliphatic rings. The van der Waals surface area contributed by atoms with Crippen molar-refractivity contribution in [3.63, 3.8) is 0 Å². The van der Waals surface area contributed by atoms with E-state index in [4.69, 9.17) is 4.84 Å². The Morgan fingerprint density at radius 1 is 1.10 bits per heavy atom. The zero-order chi connectivity index (χ0) is 21.9. The van der Waals surface area contributed by atoms with E-state index < -0.39 is 27.3 Å². The van der Waals surface area contributed by atoms with Gasteiger partial charge in [-0.2, -0.15) is 0 Å². The summed E-state index contributed by atoms with van der Waals surface area (Å²) in [5.74, 6) is -1.67. The van der Waals surface area contributed by atoms with Gasteiger partial charge in [0.15, 0.2) is 15.6 Å². The van der Waals surface area contributed by atoms with Gasteiger partial charge in [-0.3, -0.25) is 9.63 Å². The molecule has 0 atom stereocenters. The lowest BCUT2D eigenvalue weighted by Crippen LogP contribution is -2.51. The number of nitrogens with zero attached hydrogens (tertiary/aromatic N) is 2. The summed E-state index contributed by atoms with van der Waals surface area (Å²) in [6, 6.07) is 11.2. The molecule has 1 heterocycles. The molecule has 0 aliphatic carbocycles. The fourth-order valence-corrected chi connectivity index (χ4v) is 3.62. The van der Waals surface area contributed by atoms with Crippen LogP contribution in [-0.4, -0.2) is 44.0 Å². The predicted molar refractivity (Wildman–Crippen MR) is 111 cm³/mol. The Balaban J connectivity index is 1.99. The summed E-state index contributed by atoms with van der Waals surface area (Å²) in [6.07, 6.45) is 2.75. The molecule has 1 aliphatic heterocycles. The van der Waals surface area contributed by atoms with Gasteiger partial charge in [0.25, 0.3) is 0 Å². The lowest BCUT2D eigenvalue weighted by Gasteiger charge is -2.37. The van der Waals surface area contributed by atoms with Crippen LogP contribution in [-0.2, 0) is 19.5 Å². The summed E-state index contributed by atoms with van der Waals surface area (Å²) in [7, 11) is -3.37. The van der Waals surface area contributed by atoms with E-state index in [1.807, 2.05) is 6.92 Å². The first-order valence-corrected chi connectivity index (χ1v) is 11.3. The minimum Gasteiger partial charge on any atom is -0.503 e. The number of hydroxylamine groups is 1. The fourth-order valence-electron chi connectivity index (χ4n) is 2.99. The first-order valence-electron chi connectivity index (χ1n) is 9.45. The number of unbranched alkanes of at least 4 members (excludes halogenated alkanes) is 1. The third kappa shape index (κ3) is 4.69. The number of carbonyl (C=O) groups is 1. The van der Waals surface area contributed by atoms with Gasteiger partial charge in [0.1, 0.15) is 5.82 Å². The number of halogens is 1. The minimum absolute atomic E-state index is 0.0386. The molecule has 9 heteroatoms. The topological polar surface area (TPSA) is 87.1 Å². The van der Waals surface area contributed by atoms with Crippen molar-refractivity contribution in [1.29, 1.82) is 0 Å². The zero-order valence-electron chi connectivity index (χ0n) is 16.7. The van der Waals surface area contributed by atoms with Crippen LogP contribution in [0.2, 0.25) is 0 Å². The van der Waals surface area contributed by atoms with Gasteiger partial charge >= 0.3 is 5.91 Å². The Hall–Kier alpha value is -2.75. The number of aliphatic hydroxyl groups excluding tert-OH is 1. The molecule has 0 spiro atoms. The number of hydrogen-bond acceptors (Lipinski definition) is 6. The Kier molecular flexibility index (Phi) is 6.55. The number of sulfone groups is 1. The lowest BCUT2D eigenvalue weighted by atomic mass is 10.0. The summed E-state index contributed by atoms with van der Waals surface area (Å²) < 4.78 is 36.7. The number of rotatable bonds is 7. The number of aliphatic hydroxyl groups is 1. The molecule has 7 nitrogen and oxygen atoms in total. The second-order valence-electron chi connectivity index (χ2n) is 6.91. The smallest absolute Gasteiger partial charge is 0.309 e. The van der Waals surface area contributed by atoms with E-state index in [9.17, 15) is 22.7 Å². The number of hydrogen-bond donors (Lipinski definition) is 1. The van der Waals surface area contributed by atoms with E-state index in [1.54, 1.807) is 0 Å². The molecule has 3 rings (SSSR count). The van der Waals surface area contributed by atoms with Gasteiger partial charge in [-0.05, 0) is 48.4 Å². The third-order valence-electron chi connectivity index (χ3n) is 4.64. The van der Waals surface area contributed by atoms with E-state index in [2.05, 4.69) is 0 Å². The van der Waals surface area contributed by atoms with Crippen molar-refractivity contribution in [3.8, 4) is 0 Å². The molecular formula is C21H23FN2O5S. The average molecular weight is 434 g/mol. The van der Waals surface area contributed by atoms with Gasteiger partial charge in [-0.1, -0.05) is 30.6 Å². The Bertz CT molecular complexity index is 1050. The standard InChI is InChI=1S/C21H23FN2O5S/c1-3-4-13-29-23-14-19(15-5-11-18(12-6-15)30(2,27)28)20(25)21(26)24(23)17-9-7-16(22)8-10-17/h5-12,25H,3-4,13-14H2,1-2H3. The summed E-state index contributed by atoms with van der Waals surface area (Å²) in [5.41, 5.74) is 1.14. The van der Waals surface area contributed by atoms with Crippen LogP contribution in [0.4, 0.5) is 10.1 Å². The third-order valence-corrected chi connectivity index (χ3v) is 5.77. The molecule has 1 N–H and O–H groups in total. The summed E-state index contributed by atoms with van der Waals surface area (Å²) >= 11 is 0. The number of anilines is 1. The average Bonchev–Trinajstić information content (AvgIpc) is 2.71. The summed E-state index contributed by atoms with van der Waals surface area (Å²) in [4.78, 5) is 18.9. The van der Waals surface area contributed by atoms with Crippen LogP contribution in [0.1, 0.15) is 25.3 Å². The highest BCUT2D eigenvalue weighted by Gasteiger charge is 2.35. The highest BCUT2D eigenvalue weighted by Crippen LogP contribution is 2.30. The van der Waals surface area contributed by atoms with Crippen molar-refractivity contribution < 1.29 is 27.5 Å². The molecular weight excluding hydrogens is 411 g/mol. The molecule has 0 unspecified atom stereocenters. The van der Waals surface area contributed by atoms with Gasteiger partial charge in [0.05, 0.1) is 23.7 Å². The van der Waals surface area contributed by atoms with Crippen LogP contribution in [0.25, 0.3) is 5.57 Å². The molecule has 0 saturated heterocycles. The highest BCUT2D eigenvalue weighted by atomic mass is 32.2. The van der Waals surface area contributed by atoms with Crippen molar-refractivity contribution in [2.45, 2.75) is 24.7 Å². The van der Waals surface area contributed by atoms with Gasteiger partial charge < -0.3 is 5.11 Å². The van der Waals surface area contributed by atoms with Gasteiger partial charge in [-0.25, -0.2) is 17.8 Å². The minimum atomic E-state index is -3.37. The first kappa shape index (κ1) is 21.9. The number of carbonyl (C=O) groups excluding carboxylic acids is 1. The van der Waals surface area contributed by atoms with Crippen LogP contribution >= 0.6 is 0 Å². The predicted octanol–water partition coefficient (Wildman–Crippen LogP) is 3.49. The molecule has 0 aromatic heterocycles. The normalized spacial score (nSPS) is 15.7. The van der Waals surface area contributed by atoms with E-state index in [0.29, 0.717) is 23.4 Å².